The van der Waals surface area contributed by atoms with Gasteiger partial charge in [-0.05, 0) is 85.7 Å². The molecule has 68 heavy (non-hydrogen) atoms. The molecular formula is C49H85NO18. The van der Waals surface area contributed by atoms with Gasteiger partial charge < -0.3 is 77.8 Å². The summed E-state index contributed by atoms with van der Waals surface area (Å²) in [5.41, 5.74) is -1.49. The van der Waals surface area contributed by atoms with Gasteiger partial charge in [0, 0.05) is 50.9 Å². The van der Waals surface area contributed by atoms with Crippen molar-refractivity contribution in [2.24, 2.45) is 29.6 Å². The largest absolute Gasteiger partial charge is 0.466 e. The lowest BCUT2D eigenvalue weighted by Crippen LogP contribution is -2.65. The molecule has 4 aliphatic rings. The molecule has 0 amide bonds. The average molecular weight is 976 g/mol. The van der Waals surface area contributed by atoms with Crippen LogP contribution in [-0.2, 0) is 61.8 Å². The average Bonchev–Trinajstić information content (AvgIpc) is 3.28. The molecule has 0 aromatic heterocycles. The molecule has 0 aromatic rings. The van der Waals surface area contributed by atoms with Crippen LogP contribution in [0.1, 0.15) is 107 Å². The van der Waals surface area contributed by atoms with E-state index in [9.17, 15) is 39.9 Å². The summed E-state index contributed by atoms with van der Waals surface area (Å²) < 4.78 is 60.2. The molecule has 0 bridgehead atoms. The quantitative estimate of drug-likeness (QED) is 0.124. The Morgan fingerprint density at radius 1 is 0.824 bits per heavy atom. The lowest BCUT2D eigenvalue weighted by molar-refractivity contribution is -0.342. The Kier molecular flexibility index (Phi) is 22.7. The molecule has 0 spiro atoms. The molecule has 0 aliphatic carbocycles. The molecule has 19 nitrogen and oxygen atoms in total. The maximum Gasteiger partial charge on any atom is 0.330 e. The van der Waals surface area contributed by atoms with Gasteiger partial charge in [0.25, 0.3) is 0 Å². The highest BCUT2D eigenvalue weighted by Crippen LogP contribution is 2.38. The molecule has 4 saturated heterocycles. The molecule has 394 valence electrons. The first-order chi connectivity index (χ1) is 32.0. The first kappa shape index (κ1) is 58.4. The maximum atomic E-state index is 14.1. The third-order valence-corrected chi connectivity index (χ3v) is 14.6. The summed E-state index contributed by atoms with van der Waals surface area (Å²) >= 11 is 0. The third-order valence-electron chi connectivity index (χ3n) is 14.6. The number of hydrogen-bond acceptors (Lipinski definition) is 19. The van der Waals surface area contributed by atoms with E-state index >= 15 is 0 Å². The predicted molar refractivity (Wildman–Crippen MR) is 246 cm³/mol. The van der Waals surface area contributed by atoms with Gasteiger partial charge in [-0.15, -0.1) is 0 Å². The van der Waals surface area contributed by atoms with Crippen molar-refractivity contribution in [3.8, 4) is 0 Å². The zero-order chi connectivity index (χ0) is 50.8. The monoisotopic (exact) mass is 976 g/mol. The molecule has 22 atom stereocenters. The second-order valence-corrected chi connectivity index (χ2v) is 20.3. The predicted octanol–water partition coefficient (Wildman–Crippen LogP) is 2.67. The number of esters is 2. The Bertz CT molecular complexity index is 1600. The van der Waals surface area contributed by atoms with E-state index < -0.39 is 140 Å². The van der Waals surface area contributed by atoms with Gasteiger partial charge >= 0.3 is 11.9 Å². The van der Waals surface area contributed by atoms with Gasteiger partial charge in [-0.2, -0.15) is 0 Å². The molecule has 1 unspecified atom stereocenters. The Labute approximate surface area is 403 Å². The number of carbonyl (C=O) groups is 3. The van der Waals surface area contributed by atoms with E-state index in [1.54, 1.807) is 52.8 Å². The normalized spacial score (nSPS) is 44.2. The Balaban J connectivity index is 1.65. The Morgan fingerprint density at radius 3 is 2.09 bits per heavy atom. The van der Waals surface area contributed by atoms with E-state index in [0.717, 1.165) is 0 Å². The summed E-state index contributed by atoms with van der Waals surface area (Å²) in [6.45, 7) is 14.2. The van der Waals surface area contributed by atoms with Crippen LogP contribution in [0.5, 0.6) is 0 Å². The molecule has 19 heteroatoms. The van der Waals surface area contributed by atoms with Gasteiger partial charge in [0.1, 0.15) is 48.5 Å². The van der Waals surface area contributed by atoms with Crippen LogP contribution in [-0.4, -0.2) is 194 Å². The lowest BCUT2D eigenvalue weighted by atomic mass is 9.78. The summed E-state index contributed by atoms with van der Waals surface area (Å²) in [5.74, 6) is -3.43. The smallest absolute Gasteiger partial charge is 0.330 e. The van der Waals surface area contributed by atoms with Gasteiger partial charge in [-0.25, -0.2) is 4.79 Å². The van der Waals surface area contributed by atoms with Crippen LogP contribution in [0.2, 0.25) is 0 Å². The highest BCUT2D eigenvalue weighted by Gasteiger charge is 2.52. The summed E-state index contributed by atoms with van der Waals surface area (Å²) in [7, 11) is 7.77. The molecule has 4 rings (SSSR count). The Morgan fingerprint density at radius 2 is 1.49 bits per heavy atom. The van der Waals surface area contributed by atoms with Crippen molar-refractivity contribution in [3.05, 3.63) is 12.2 Å². The number of nitrogens with zero attached hydrogens (tertiary/aromatic N) is 1. The van der Waals surface area contributed by atoms with Gasteiger partial charge in [0.15, 0.2) is 18.9 Å². The van der Waals surface area contributed by atoms with Crippen molar-refractivity contribution in [1.29, 1.82) is 0 Å². The number of Topliss-reactive ketones (excluding diaryl/α,β-unsaturated/α-hetero) is 1. The molecule has 0 aromatic carbocycles. The van der Waals surface area contributed by atoms with Crippen LogP contribution in [0.15, 0.2) is 12.2 Å². The minimum Gasteiger partial charge on any atom is -0.466 e. The van der Waals surface area contributed by atoms with Crippen LogP contribution >= 0.6 is 0 Å². The molecule has 0 radical (unpaired) electrons. The summed E-state index contributed by atoms with van der Waals surface area (Å²) in [6, 6.07) is -0.745. The standard InChI is InChI=1S/C49H85NO18/c1-14-35-32(24-62-48-45(61-13)44(60-12)40(55)28(5)64-48)20-25(2)18-19-33(51)26(3)21-31(16-15-17-36(53)59-11)42(27(4)34(52)22-37(54)66-35)68-47-41(56)39(50(9)10)43(29(6)65-47)67-38-23-49(8,58)46(57)30(7)63-38/h15,17,25-32,34-35,38-48,52,55-58H,14,16,18-24H2,1-13H3/b17-15+/t25?,26-,27+,28-,29+,30+,31+,32-,34-,35-,38-,39+,40-,41+,42-,43-,44-,45-,46+,47-,48-,49-/m1/s1. The number of rotatable bonds is 14. The minimum absolute atomic E-state index is 0.00365. The zero-order valence-electron chi connectivity index (χ0n) is 42.6. The summed E-state index contributed by atoms with van der Waals surface area (Å²) in [6.07, 6.45) is -9.15. The van der Waals surface area contributed by atoms with Gasteiger partial charge in [-0.3, -0.25) is 9.59 Å². The van der Waals surface area contributed by atoms with E-state index in [4.69, 9.17) is 47.4 Å². The zero-order valence-corrected chi connectivity index (χ0v) is 42.6. The molecule has 5 N–H and O–H groups in total. The number of aliphatic hydroxyl groups is 5. The van der Waals surface area contributed by atoms with Gasteiger partial charge in [0.05, 0.1) is 62.3 Å². The van der Waals surface area contributed by atoms with Crippen LogP contribution in [0.3, 0.4) is 0 Å². The maximum absolute atomic E-state index is 14.1. The topological polar surface area (TPSA) is 248 Å². The lowest BCUT2D eigenvalue weighted by Gasteiger charge is -2.50. The number of ketones is 1. The highest BCUT2D eigenvalue weighted by atomic mass is 16.7. The number of carbonyl (C=O) groups excluding carboxylic acids is 3. The first-order valence-corrected chi connectivity index (χ1v) is 24.5. The van der Waals surface area contributed by atoms with Crippen LogP contribution in [0.4, 0.5) is 0 Å². The molecule has 4 fully saturated rings. The molecule has 4 heterocycles. The fourth-order valence-electron chi connectivity index (χ4n) is 10.4. The van der Waals surface area contributed by atoms with Crippen molar-refractivity contribution < 1.29 is 87.3 Å². The van der Waals surface area contributed by atoms with Crippen molar-refractivity contribution >= 4 is 17.7 Å². The third kappa shape index (κ3) is 15.2. The SMILES string of the molecule is CC[C@H]1OC(=O)C[C@@H](O)[C@H](C)[C@@H](O[C@H]2O[C@@H](C)[C@@H](O[C@@H]3C[C@@](C)(O)[C@@H](O)[C@H](C)O3)[C@@H](N(C)C)[C@@H]2O)[C@@H](C/C=C/C(=O)OC)C[C@@H](C)C(=O)CCC(C)C[C@@H]1CO[C@@H]1O[C@H](C)[C@@H](O)[C@@H](OC)[C@H]1OC. The van der Waals surface area contributed by atoms with Gasteiger partial charge in [-0.1, -0.05) is 33.8 Å². The van der Waals surface area contributed by atoms with E-state index in [1.165, 1.54) is 34.3 Å². The van der Waals surface area contributed by atoms with Crippen LogP contribution < -0.4 is 0 Å². The molecule has 0 saturated carbocycles. The number of methoxy groups -OCH3 is 3. The van der Waals surface area contributed by atoms with Crippen molar-refractivity contribution in [1.82, 2.24) is 4.90 Å². The number of allylic oxidation sites excluding steroid dienone is 1. The molecule has 4 aliphatic heterocycles. The highest BCUT2D eigenvalue weighted by molar-refractivity contribution is 5.81. The fourth-order valence-corrected chi connectivity index (χ4v) is 10.4. The Hall–Kier alpha value is -2.21. The van der Waals surface area contributed by atoms with E-state index in [0.29, 0.717) is 19.3 Å². The second-order valence-electron chi connectivity index (χ2n) is 20.3. The second kappa shape index (κ2) is 26.5. The minimum atomic E-state index is -1.49. The van der Waals surface area contributed by atoms with Crippen LogP contribution in [0, 0.1) is 29.6 Å². The summed E-state index contributed by atoms with van der Waals surface area (Å²) in [5, 5.41) is 56.3. The number of ether oxygens (including phenoxy) is 10. The first-order valence-electron chi connectivity index (χ1n) is 24.5. The van der Waals surface area contributed by atoms with E-state index in [2.05, 4.69) is 0 Å². The van der Waals surface area contributed by atoms with Crippen molar-refractivity contribution in [2.45, 2.75) is 211 Å². The van der Waals surface area contributed by atoms with E-state index in [1.807, 2.05) is 20.8 Å². The fraction of sp³-hybridized carbons (Fsp3) is 0.898. The number of likely N-dealkylation sites (N-methyl/N-ethyl adjacent to an activating group) is 1. The van der Waals surface area contributed by atoms with Crippen molar-refractivity contribution in [3.63, 3.8) is 0 Å². The summed E-state index contributed by atoms with van der Waals surface area (Å²) in [4.78, 5) is 42.1. The van der Waals surface area contributed by atoms with Crippen LogP contribution in [0.25, 0.3) is 0 Å². The number of aliphatic hydroxyl groups excluding tert-OH is 4. The molecular weight excluding hydrogens is 891 g/mol. The number of hydrogen-bond donors (Lipinski definition) is 5. The van der Waals surface area contributed by atoms with Crippen molar-refractivity contribution in [2.75, 3.05) is 42.0 Å². The van der Waals surface area contributed by atoms with Gasteiger partial charge in [0.2, 0.25) is 0 Å². The number of cyclic esters (lactones) is 1. The van der Waals surface area contributed by atoms with E-state index in [-0.39, 0.29) is 49.9 Å².